The average molecular weight is 356 g/mol. The second kappa shape index (κ2) is 7.61. The number of rotatable bonds is 3. The molecular formula is C19H25FN6. The number of hydrogen-bond donors (Lipinski definition) is 1. The number of nitrogens with one attached hydrogen (secondary N) is 1. The van der Waals surface area contributed by atoms with Crippen molar-refractivity contribution < 1.29 is 4.39 Å². The summed E-state index contributed by atoms with van der Waals surface area (Å²) in [6, 6.07) is 1.66. The van der Waals surface area contributed by atoms with Crippen molar-refractivity contribution in [2.75, 3.05) is 24.5 Å². The molecule has 0 bridgehead atoms. The van der Waals surface area contributed by atoms with E-state index in [0.29, 0.717) is 29.3 Å². The van der Waals surface area contributed by atoms with Crippen molar-refractivity contribution in [2.45, 2.75) is 38.6 Å². The molecule has 2 aromatic heterocycles. The van der Waals surface area contributed by atoms with E-state index in [9.17, 15) is 4.39 Å². The van der Waals surface area contributed by atoms with Gasteiger partial charge in [-0.3, -0.25) is 0 Å². The van der Waals surface area contributed by atoms with Gasteiger partial charge in [-0.1, -0.05) is 0 Å². The lowest BCUT2D eigenvalue weighted by molar-refractivity contribution is 0.196. The van der Waals surface area contributed by atoms with Gasteiger partial charge >= 0.3 is 0 Å². The molecule has 1 unspecified atom stereocenters. The Labute approximate surface area is 153 Å². The molecule has 0 radical (unpaired) electrons. The number of halogens is 1. The molecule has 0 spiro atoms. The maximum atomic E-state index is 14.6. The molecule has 26 heavy (non-hydrogen) atoms. The van der Waals surface area contributed by atoms with E-state index in [1.54, 1.807) is 25.4 Å². The molecule has 2 fully saturated rings. The molecular weight excluding hydrogens is 331 g/mol. The van der Waals surface area contributed by atoms with Crippen LogP contribution >= 0.6 is 0 Å². The predicted octanol–water partition coefficient (Wildman–Crippen LogP) is 2.67. The fourth-order valence-corrected chi connectivity index (χ4v) is 4.38. The van der Waals surface area contributed by atoms with Gasteiger partial charge < -0.3 is 10.2 Å². The van der Waals surface area contributed by atoms with Crippen LogP contribution in [-0.2, 0) is 0 Å². The highest BCUT2D eigenvalue weighted by atomic mass is 19.1. The average Bonchev–Trinajstić information content (AvgIpc) is 2.71. The third kappa shape index (κ3) is 3.53. The van der Waals surface area contributed by atoms with E-state index in [2.05, 4.69) is 30.2 Å². The van der Waals surface area contributed by atoms with Crippen LogP contribution in [0.25, 0.3) is 0 Å². The minimum atomic E-state index is -0.340. The monoisotopic (exact) mass is 356 g/mol. The second-order valence-electron chi connectivity index (χ2n) is 7.28. The molecule has 6 nitrogen and oxygen atoms in total. The van der Waals surface area contributed by atoms with Crippen molar-refractivity contribution in [2.24, 2.45) is 11.8 Å². The summed E-state index contributed by atoms with van der Waals surface area (Å²) < 4.78 is 14.6. The largest absolute Gasteiger partial charge is 0.332 e. The Morgan fingerprint density at radius 3 is 2.62 bits per heavy atom. The molecule has 2 aliphatic heterocycles. The van der Waals surface area contributed by atoms with E-state index in [1.807, 2.05) is 0 Å². The Morgan fingerprint density at radius 2 is 1.85 bits per heavy atom. The van der Waals surface area contributed by atoms with Crippen molar-refractivity contribution in [3.63, 3.8) is 0 Å². The lowest BCUT2D eigenvalue weighted by atomic mass is 9.76. The molecule has 7 heteroatoms. The van der Waals surface area contributed by atoms with Crippen LogP contribution in [0.5, 0.6) is 0 Å². The van der Waals surface area contributed by atoms with Gasteiger partial charge in [-0.25, -0.2) is 24.3 Å². The molecule has 2 aromatic rings. The molecule has 0 saturated carbocycles. The van der Waals surface area contributed by atoms with Gasteiger partial charge in [-0.15, -0.1) is 0 Å². The van der Waals surface area contributed by atoms with E-state index < -0.39 is 0 Å². The molecule has 4 heterocycles. The maximum Gasteiger partial charge on any atom is 0.225 e. The quantitative estimate of drug-likeness (QED) is 0.912. The van der Waals surface area contributed by atoms with Gasteiger partial charge in [0.1, 0.15) is 11.5 Å². The summed E-state index contributed by atoms with van der Waals surface area (Å²) in [6.45, 7) is 4.79. The Kier molecular flexibility index (Phi) is 5.06. The first kappa shape index (κ1) is 17.3. The summed E-state index contributed by atoms with van der Waals surface area (Å²) in [7, 11) is 0. The number of piperidine rings is 2. The Bertz CT molecular complexity index is 734. The third-order valence-corrected chi connectivity index (χ3v) is 5.71. The highest BCUT2D eigenvalue weighted by molar-refractivity contribution is 5.35. The van der Waals surface area contributed by atoms with E-state index in [0.717, 1.165) is 32.5 Å². The van der Waals surface area contributed by atoms with Crippen LogP contribution in [0.3, 0.4) is 0 Å². The highest BCUT2D eigenvalue weighted by Crippen LogP contribution is 2.41. The highest BCUT2D eigenvalue weighted by Gasteiger charge is 2.37. The van der Waals surface area contributed by atoms with Crippen molar-refractivity contribution >= 4 is 5.95 Å². The summed E-state index contributed by atoms with van der Waals surface area (Å²) >= 11 is 0. The van der Waals surface area contributed by atoms with Gasteiger partial charge in [0, 0.05) is 18.9 Å². The summed E-state index contributed by atoms with van der Waals surface area (Å²) in [6.07, 6.45) is 9.13. The molecule has 0 amide bonds. The minimum Gasteiger partial charge on any atom is -0.332 e. The lowest BCUT2D eigenvalue weighted by Crippen LogP contribution is -2.42. The van der Waals surface area contributed by atoms with E-state index in [-0.39, 0.29) is 11.9 Å². The third-order valence-electron chi connectivity index (χ3n) is 5.71. The smallest absolute Gasteiger partial charge is 0.225 e. The van der Waals surface area contributed by atoms with Gasteiger partial charge in [0.05, 0.1) is 12.2 Å². The summed E-state index contributed by atoms with van der Waals surface area (Å²) in [5.74, 6) is 2.18. The summed E-state index contributed by atoms with van der Waals surface area (Å²) in [5.41, 5.74) is 0.476. The zero-order chi connectivity index (χ0) is 17.9. The van der Waals surface area contributed by atoms with Gasteiger partial charge in [-0.2, -0.15) is 0 Å². The van der Waals surface area contributed by atoms with Crippen molar-refractivity contribution in [1.29, 1.82) is 0 Å². The van der Waals surface area contributed by atoms with Crippen LogP contribution in [0, 0.1) is 24.6 Å². The predicted molar refractivity (Wildman–Crippen MR) is 97.2 cm³/mol. The number of aromatic nitrogens is 4. The SMILES string of the molecule is Cc1ncc(F)c([C@H]2CC(C3CCNCC3)CCN2c2ncccn2)n1. The van der Waals surface area contributed by atoms with Gasteiger partial charge in [0.2, 0.25) is 5.95 Å². The first-order chi connectivity index (χ1) is 12.7. The van der Waals surface area contributed by atoms with Crippen LogP contribution in [0.1, 0.15) is 43.2 Å². The van der Waals surface area contributed by atoms with Crippen LogP contribution in [0.2, 0.25) is 0 Å². The molecule has 0 aromatic carbocycles. The molecule has 2 saturated heterocycles. The molecule has 138 valence electrons. The molecule has 1 N–H and O–H groups in total. The first-order valence-corrected chi connectivity index (χ1v) is 9.46. The molecule has 4 rings (SSSR count). The lowest BCUT2D eigenvalue weighted by Gasteiger charge is -2.42. The second-order valence-corrected chi connectivity index (χ2v) is 7.28. The minimum absolute atomic E-state index is 0.146. The van der Waals surface area contributed by atoms with Crippen LogP contribution in [-0.4, -0.2) is 39.6 Å². The van der Waals surface area contributed by atoms with E-state index in [1.165, 1.54) is 19.0 Å². The summed E-state index contributed by atoms with van der Waals surface area (Å²) in [5, 5.41) is 3.44. The van der Waals surface area contributed by atoms with E-state index in [4.69, 9.17) is 0 Å². The Hall–Kier alpha value is -2.15. The number of hydrogen-bond acceptors (Lipinski definition) is 6. The van der Waals surface area contributed by atoms with Gasteiger partial charge in [-0.05, 0) is 63.6 Å². The van der Waals surface area contributed by atoms with Crippen LogP contribution < -0.4 is 10.2 Å². The zero-order valence-electron chi connectivity index (χ0n) is 15.1. The topological polar surface area (TPSA) is 66.8 Å². The fourth-order valence-electron chi connectivity index (χ4n) is 4.38. The Morgan fingerprint density at radius 1 is 1.08 bits per heavy atom. The van der Waals surface area contributed by atoms with Crippen LogP contribution in [0.4, 0.5) is 10.3 Å². The number of anilines is 1. The summed E-state index contributed by atoms with van der Waals surface area (Å²) in [4.78, 5) is 19.4. The van der Waals surface area contributed by atoms with Gasteiger partial charge in [0.15, 0.2) is 5.82 Å². The van der Waals surface area contributed by atoms with Gasteiger partial charge in [0.25, 0.3) is 0 Å². The Balaban J connectivity index is 1.65. The fraction of sp³-hybridized carbons (Fsp3) is 0.579. The van der Waals surface area contributed by atoms with E-state index >= 15 is 0 Å². The first-order valence-electron chi connectivity index (χ1n) is 9.46. The van der Waals surface area contributed by atoms with Crippen molar-refractivity contribution in [3.05, 3.63) is 42.0 Å². The van der Waals surface area contributed by atoms with Crippen molar-refractivity contribution in [3.8, 4) is 0 Å². The van der Waals surface area contributed by atoms with Crippen molar-refractivity contribution in [1.82, 2.24) is 25.3 Å². The zero-order valence-corrected chi connectivity index (χ0v) is 15.1. The number of nitrogens with zero attached hydrogens (tertiary/aromatic N) is 5. The molecule has 2 aliphatic rings. The number of aryl methyl sites for hydroxylation is 1. The van der Waals surface area contributed by atoms with Crippen LogP contribution in [0.15, 0.2) is 24.7 Å². The molecule has 2 atom stereocenters. The maximum absolute atomic E-state index is 14.6. The normalized spacial score (nSPS) is 24.6. The molecule has 0 aliphatic carbocycles. The standard InChI is InChI=1S/C19H25FN6/c1-13-24-12-16(20)18(25-13)17-11-15(14-3-8-21-9-4-14)5-10-26(17)19-22-6-2-7-23-19/h2,6-7,12,14-15,17,21H,3-5,8-11H2,1H3/t15?,17-/m1/s1.